The van der Waals surface area contributed by atoms with Crippen molar-refractivity contribution >= 4 is 11.9 Å². The summed E-state index contributed by atoms with van der Waals surface area (Å²) in [6.45, 7) is 0.995. The van der Waals surface area contributed by atoms with E-state index in [1.807, 2.05) is 24.3 Å². The number of rotatable bonds is 4. The molecular formula is C14H17NO4. The highest BCUT2D eigenvalue weighted by Gasteiger charge is 2.30. The van der Waals surface area contributed by atoms with Crippen LogP contribution in [0.4, 0.5) is 0 Å². The number of carboxylic acid groups (broad SMARTS) is 1. The smallest absolute Gasteiger partial charge is 0.307 e. The van der Waals surface area contributed by atoms with Crippen LogP contribution < -0.4 is 4.74 Å². The molecule has 0 bridgehead atoms. The first-order chi connectivity index (χ1) is 9.10. The van der Waals surface area contributed by atoms with Gasteiger partial charge in [-0.2, -0.15) is 0 Å². The Hall–Kier alpha value is -2.04. The average molecular weight is 263 g/mol. The quantitative estimate of drug-likeness (QED) is 0.894. The van der Waals surface area contributed by atoms with Crippen LogP contribution in [0.3, 0.4) is 0 Å². The molecule has 19 heavy (non-hydrogen) atoms. The molecule has 1 unspecified atom stereocenters. The molecule has 0 spiro atoms. The first-order valence-electron chi connectivity index (χ1n) is 6.23. The van der Waals surface area contributed by atoms with Crippen LogP contribution in [0.25, 0.3) is 0 Å². The lowest BCUT2D eigenvalue weighted by molar-refractivity contribution is -0.149. The molecule has 0 aliphatic carbocycles. The number of piperidine rings is 1. The van der Waals surface area contributed by atoms with Crippen molar-refractivity contribution in [2.45, 2.75) is 19.4 Å². The summed E-state index contributed by atoms with van der Waals surface area (Å²) in [6.07, 6.45) is 0.615. The zero-order valence-corrected chi connectivity index (χ0v) is 10.8. The van der Waals surface area contributed by atoms with Crippen molar-refractivity contribution < 1.29 is 19.4 Å². The number of ether oxygens (including phenoxy) is 1. The molecule has 1 heterocycles. The van der Waals surface area contributed by atoms with Crippen LogP contribution in [0.1, 0.15) is 18.4 Å². The van der Waals surface area contributed by atoms with Gasteiger partial charge in [-0.05, 0) is 24.1 Å². The number of amides is 1. The molecule has 0 aromatic heterocycles. The fourth-order valence-electron chi connectivity index (χ4n) is 2.25. The van der Waals surface area contributed by atoms with Crippen molar-refractivity contribution in [3.8, 4) is 5.75 Å². The van der Waals surface area contributed by atoms with Crippen LogP contribution in [-0.2, 0) is 16.1 Å². The summed E-state index contributed by atoms with van der Waals surface area (Å²) < 4.78 is 5.14. The van der Waals surface area contributed by atoms with Gasteiger partial charge in [0, 0.05) is 19.5 Å². The lowest BCUT2D eigenvalue weighted by atomic mass is 9.96. The molecule has 1 aliphatic rings. The SMILES string of the molecule is COc1cccc(CN2CCC(C(=O)O)CC2=O)c1. The van der Waals surface area contributed by atoms with Gasteiger partial charge in [0.05, 0.1) is 13.0 Å². The van der Waals surface area contributed by atoms with Gasteiger partial charge in [0.2, 0.25) is 5.91 Å². The number of carboxylic acids is 1. The van der Waals surface area contributed by atoms with Crippen molar-refractivity contribution in [2.75, 3.05) is 13.7 Å². The molecule has 5 heteroatoms. The second kappa shape index (κ2) is 5.73. The molecule has 2 rings (SSSR count). The molecule has 0 radical (unpaired) electrons. The Morgan fingerprint density at radius 3 is 2.95 bits per heavy atom. The summed E-state index contributed by atoms with van der Waals surface area (Å²) in [6, 6.07) is 7.54. The van der Waals surface area contributed by atoms with E-state index in [0.29, 0.717) is 19.5 Å². The van der Waals surface area contributed by atoms with Gasteiger partial charge in [-0.25, -0.2) is 0 Å². The second-order valence-electron chi connectivity index (χ2n) is 4.69. The van der Waals surface area contributed by atoms with E-state index in [0.717, 1.165) is 11.3 Å². The number of likely N-dealkylation sites (tertiary alicyclic amines) is 1. The summed E-state index contributed by atoms with van der Waals surface area (Å²) in [7, 11) is 1.60. The molecule has 1 saturated heterocycles. The average Bonchev–Trinajstić information content (AvgIpc) is 2.41. The Morgan fingerprint density at radius 1 is 1.53 bits per heavy atom. The number of hydrogen-bond donors (Lipinski definition) is 1. The highest BCUT2D eigenvalue weighted by molar-refractivity contribution is 5.83. The fraction of sp³-hybridized carbons (Fsp3) is 0.429. The van der Waals surface area contributed by atoms with Crippen molar-refractivity contribution in [2.24, 2.45) is 5.92 Å². The van der Waals surface area contributed by atoms with Gasteiger partial charge >= 0.3 is 5.97 Å². The number of methoxy groups -OCH3 is 1. The number of benzene rings is 1. The van der Waals surface area contributed by atoms with Gasteiger partial charge in [0.1, 0.15) is 5.75 Å². The van der Waals surface area contributed by atoms with Crippen LogP contribution in [0.2, 0.25) is 0 Å². The molecule has 1 aromatic carbocycles. The number of carbonyl (C=O) groups excluding carboxylic acids is 1. The van der Waals surface area contributed by atoms with E-state index in [4.69, 9.17) is 9.84 Å². The predicted octanol–water partition coefficient (Wildman–Crippen LogP) is 1.52. The van der Waals surface area contributed by atoms with E-state index < -0.39 is 11.9 Å². The van der Waals surface area contributed by atoms with E-state index in [1.54, 1.807) is 12.0 Å². The summed E-state index contributed by atoms with van der Waals surface area (Å²) in [5.41, 5.74) is 0.987. The van der Waals surface area contributed by atoms with Crippen LogP contribution in [-0.4, -0.2) is 35.5 Å². The minimum Gasteiger partial charge on any atom is -0.497 e. The molecule has 1 fully saturated rings. The Bertz CT molecular complexity index is 486. The Labute approximate surface area is 111 Å². The summed E-state index contributed by atoms with van der Waals surface area (Å²) in [5.74, 6) is -0.754. The normalized spacial score (nSPS) is 19.3. The van der Waals surface area contributed by atoms with E-state index in [2.05, 4.69) is 0 Å². The van der Waals surface area contributed by atoms with Crippen molar-refractivity contribution in [1.82, 2.24) is 4.90 Å². The van der Waals surface area contributed by atoms with E-state index in [-0.39, 0.29) is 12.3 Å². The minimum absolute atomic E-state index is 0.0959. The summed E-state index contributed by atoms with van der Waals surface area (Å²) in [5, 5.41) is 8.91. The maximum Gasteiger partial charge on any atom is 0.307 e. The molecule has 102 valence electrons. The topological polar surface area (TPSA) is 66.8 Å². The lowest BCUT2D eigenvalue weighted by Gasteiger charge is -2.30. The highest BCUT2D eigenvalue weighted by Crippen LogP contribution is 2.21. The van der Waals surface area contributed by atoms with Gasteiger partial charge in [-0.3, -0.25) is 9.59 Å². The van der Waals surface area contributed by atoms with E-state index >= 15 is 0 Å². The standard InChI is InChI=1S/C14H17NO4/c1-19-12-4-2-3-10(7-12)9-15-6-5-11(14(17)18)8-13(15)16/h2-4,7,11H,5-6,8-9H2,1H3,(H,17,18). The minimum atomic E-state index is -0.880. The van der Waals surface area contributed by atoms with Crippen LogP contribution in [0.15, 0.2) is 24.3 Å². The van der Waals surface area contributed by atoms with Crippen molar-refractivity contribution in [1.29, 1.82) is 0 Å². The van der Waals surface area contributed by atoms with E-state index in [1.165, 1.54) is 0 Å². The van der Waals surface area contributed by atoms with Crippen molar-refractivity contribution in [3.05, 3.63) is 29.8 Å². The van der Waals surface area contributed by atoms with Crippen LogP contribution in [0.5, 0.6) is 5.75 Å². The Morgan fingerprint density at radius 2 is 2.32 bits per heavy atom. The van der Waals surface area contributed by atoms with Crippen molar-refractivity contribution in [3.63, 3.8) is 0 Å². The number of nitrogens with zero attached hydrogens (tertiary/aromatic N) is 1. The third kappa shape index (κ3) is 3.24. The number of carbonyl (C=O) groups is 2. The second-order valence-corrected chi connectivity index (χ2v) is 4.69. The number of hydrogen-bond acceptors (Lipinski definition) is 3. The Kier molecular flexibility index (Phi) is 4.04. The third-order valence-corrected chi connectivity index (χ3v) is 3.38. The highest BCUT2D eigenvalue weighted by atomic mass is 16.5. The predicted molar refractivity (Wildman–Crippen MR) is 68.8 cm³/mol. The molecule has 1 amide bonds. The molecule has 1 aromatic rings. The largest absolute Gasteiger partial charge is 0.497 e. The monoisotopic (exact) mass is 263 g/mol. The molecule has 1 N–H and O–H groups in total. The summed E-state index contributed by atoms with van der Waals surface area (Å²) in [4.78, 5) is 24.5. The fourth-order valence-corrected chi connectivity index (χ4v) is 2.25. The van der Waals surface area contributed by atoms with Crippen LogP contribution in [0, 0.1) is 5.92 Å². The first kappa shape index (κ1) is 13.4. The Balaban J connectivity index is 2.00. The number of aliphatic carboxylic acids is 1. The zero-order valence-electron chi connectivity index (χ0n) is 10.8. The lowest BCUT2D eigenvalue weighted by Crippen LogP contribution is -2.40. The van der Waals surface area contributed by atoms with Gasteiger partial charge in [0.15, 0.2) is 0 Å². The van der Waals surface area contributed by atoms with Gasteiger partial charge in [0.25, 0.3) is 0 Å². The van der Waals surface area contributed by atoms with Gasteiger partial charge < -0.3 is 14.7 Å². The molecule has 5 nitrogen and oxygen atoms in total. The molecular weight excluding hydrogens is 246 g/mol. The zero-order chi connectivity index (χ0) is 13.8. The summed E-state index contributed by atoms with van der Waals surface area (Å²) >= 11 is 0. The van der Waals surface area contributed by atoms with E-state index in [9.17, 15) is 9.59 Å². The molecule has 1 aliphatic heterocycles. The molecule has 0 saturated carbocycles. The maximum absolute atomic E-state index is 11.9. The maximum atomic E-state index is 11.9. The third-order valence-electron chi connectivity index (χ3n) is 3.38. The van der Waals surface area contributed by atoms with Gasteiger partial charge in [-0.1, -0.05) is 12.1 Å². The first-order valence-corrected chi connectivity index (χ1v) is 6.23. The van der Waals surface area contributed by atoms with Crippen LogP contribution >= 0.6 is 0 Å². The van der Waals surface area contributed by atoms with Gasteiger partial charge in [-0.15, -0.1) is 0 Å². The molecule has 1 atom stereocenters.